The predicted molar refractivity (Wildman–Crippen MR) is 109 cm³/mol. The predicted octanol–water partition coefficient (Wildman–Crippen LogP) is 4.11. The summed E-state index contributed by atoms with van der Waals surface area (Å²) in [5.41, 5.74) is 3.06. The van der Waals surface area contributed by atoms with Gasteiger partial charge in [-0.05, 0) is 37.1 Å². The molecule has 0 amide bonds. The molecule has 3 heterocycles. The Balaban J connectivity index is 1.50. The summed E-state index contributed by atoms with van der Waals surface area (Å²) in [6.45, 7) is 5.88. The molecule has 0 atom stereocenters. The summed E-state index contributed by atoms with van der Waals surface area (Å²) < 4.78 is 12.4. The smallest absolute Gasteiger partial charge is 0.342 e. The standard InChI is InChI=1S/C22H21N5O3/c1-14(2)20-17(12-24-27(20)19-6-4-5-11-23-19)22(28)29-13-18-25-21(30-26-18)16-9-7-15(3)8-10-16/h4-12,14H,13H2,1-3H3. The highest BCUT2D eigenvalue weighted by Gasteiger charge is 2.23. The summed E-state index contributed by atoms with van der Waals surface area (Å²) in [5.74, 6) is 0.855. The lowest BCUT2D eigenvalue weighted by atomic mass is 10.1. The lowest BCUT2D eigenvalue weighted by molar-refractivity contribution is 0.0458. The number of aryl methyl sites for hydroxylation is 1. The second-order valence-electron chi connectivity index (χ2n) is 7.16. The van der Waals surface area contributed by atoms with Crippen LogP contribution < -0.4 is 0 Å². The van der Waals surface area contributed by atoms with Gasteiger partial charge in [-0.25, -0.2) is 14.5 Å². The van der Waals surface area contributed by atoms with Gasteiger partial charge in [0.2, 0.25) is 5.82 Å². The molecule has 4 aromatic rings. The van der Waals surface area contributed by atoms with Crippen LogP contribution in [0.15, 0.2) is 59.4 Å². The normalized spacial score (nSPS) is 11.1. The van der Waals surface area contributed by atoms with Crippen LogP contribution in [0.4, 0.5) is 0 Å². The van der Waals surface area contributed by atoms with Gasteiger partial charge in [0.05, 0.1) is 11.9 Å². The zero-order chi connectivity index (χ0) is 21.1. The molecule has 30 heavy (non-hydrogen) atoms. The van der Waals surface area contributed by atoms with Gasteiger partial charge in [-0.2, -0.15) is 10.1 Å². The zero-order valence-electron chi connectivity index (χ0n) is 16.9. The number of ether oxygens (including phenoxy) is 1. The Kier molecular flexibility index (Phi) is 5.38. The molecule has 0 aliphatic carbocycles. The maximum atomic E-state index is 12.7. The second-order valence-corrected chi connectivity index (χ2v) is 7.16. The van der Waals surface area contributed by atoms with E-state index in [1.54, 1.807) is 10.9 Å². The minimum atomic E-state index is -0.498. The monoisotopic (exact) mass is 403 g/mol. The molecule has 1 aromatic carbocycles. The van der Waals surface area contributed by atoms with Gasteiger partial charge in [0.15, 0.2) is 12.4 Å². The van der Waals surface area contributed by atoms with Crippen molar-refractivity contribution in [1.82, 2.24) is 24.9 Å². The fraction of sp³-hybridized carbons (Fsp3) is 0.227. The summed E-state index contributed by atoms with van der Waals surface area (Å²) in [4.78, 5) is 21.3. The fourth-order valence-electron chi connectivity index (χ4n) is 3.07. The summed E-state index contributed by atoms with van der Waals surface area (Å²) >= 11 is 0. The van der Waals surface area contributed by atoms with Crippen LogP contribution in [-0.4, -0.2) is 30.9 Å². The van der Waals surface area contributed by atoms with Crippen molar-refractivity contribution in [3.05, 3.63) is 77.5 Å². The molecule has 0 aliphatic heterocycles. The van der Waals surface area contributed by atoms with E-state index in [4.69, 9.17) is 9.26 Å². The van der Waals surface area contributed by atoms with E-state index < -0.39 is 5.97 Å². The van der Waals surface area contributed by atoms with Crippen molar-refractivity contribution >= 4 is 5.97 Å². The molecule has 0 saturated heterocycles. The van der Waals surface area contributed by atoms with Gasteiger partial charge in [-0.3, -0.25) is 0 Å². The summed E-state index contributed by atoms with van der Waals surface area (Å²) in [6, 6.07) is 13.3. The van der Waals surface area contributed by atoms with Crippen molar-refractivity contribution in [1.29, 1.82) is 0 Å². The lowest BCUT2D eigenvalue weighted by Gasteiger charge is -2.11. The maximum Gasteiger partial charge on any atom is 0.342 e. The fourth-order valence-corrected chi connectivity index (χ4v) is 3.07. The number of carbonyl (C=O) groups is 1. The van der Waals surface area contributed by atoms with Crippen LogP contribution in [0.3, 0.4) is 0 Å². The van der Waals surface area contributed by atoms with E-state index >= 15 is 0 Å². The van der Waals surface area contributed by atoms with Crippen molar-refractivity contribution in [3.63, 3.8) is 0 Å². The molecule has 0 spiro atoms. The van der Waals surface area contributed by atoms with Crippen LogP contribution in [-0.2, 0) is 11.3 Å². The molecule has 3 aromatic heterocycles. The Morgan fingerprint density at radius 3 is 2.67 bits per heavy atom. The van der Waals surface area contributed by atoms with Crippen molar-refractivity contribution in [3.8, 4) is 17.3 Å². The molecule has 8 nitrogen and oxygen atoms in total. The summed E-state index contributed by atoms with van der Waals surface area (Å²) in [5, 5.41) is 8.23. The van der Waals surface area contributed by atoms with Gasteiger partial charge in [0.1, 0.15) is 5.56 Å². The average Bonchev–Trinajstić information content (AvgIpc) is 3.41. The molecule has 0 radical (unpaired) electrons. The van der Waals surface area contributed by atoms with Crippen LogP contribution in [0.5, 0.6) is 0 Å². The molecular formula is C22H21N5O3. The number of aromatic nitrogens is 5. The van der Waals surface area contributed by atoms with E-state index in [1.807, 2.05) is 63.2 Å². The topological polar surface area (TPSA) is 95.9 Å². The van der Waals surface area contributed by atoms with Crippen LogP contribution in [0.1, 0.15) is 47.2 Å². The molecule has 0 aliphatic rings. The number of nitrogens with zero attached hydrogens (tertiary/aromatic N) is 5. The molecule has 0 unspecified atom stereocenters. The third kappa shape index (κ3) is 3.98. The average molecular weight is 403 g/mol. The second kappa shape index (κ2) is 8.28. The van der Waals surface area contributed by atoms with E-state index in [9.17, 15) is 4.79 Å². The van der Waals surface area contributed by atoms with Crippen molar-refractivity contribution in [2.24, 2.45) is 0 Å². The van der Waals surface area contributed by atoms with Crippen LogP contribution >= 0.6 is 0 Å². The Labute approximate surface area is 173 Å². The molecule has 8 heteroatoms. The number of esters is 1. The Bertz CT molecular complexity index is 1150. The highest BCUT2D eigenvalue weighted by Crippen LogP contribution is 2.23. The van der Waals surface area contributed by atoms with Gasteiger partial charge in [-0.15, -0.1) is 0 Å². The first-order valence-electron chi connectivity index (χ1n) is 9.59. The molecular weight excluding hydrogens is 382 g/mol. The Morgan fingerprint density at radius 2 is 1.97 bits per heavy atom. The quantitative estimate of drug-likeness (QED) is 0.447. The lowest BCUT2D eigenvalue weighted by Crippen LogP contribution is -2.12. The van der Waals surface area contributed by atoms with Crippen molar-refractivity contribution < 1.29 is 14.1 Å². The number of pyridine rings is 1. The van der Waals surface area contributed by atoms with Gasteiger partial charge in [0.25, 0.3) is 5.89 Å². The number of rotatable bonds is 6. The number of hydrogen-bond acceptors (Lipinski definition) is 7. The van der Waals surface area contributed by atoms with E-state index in [0.29, 0.717) is 23.1 Å². The first kappa shape index (κ1) is 19.5. The molecule has 4 rings (SSSR count). The van der Waals surface area contributed by atoms with Gasteiger partial charge < -0.3 is 9.26 Å². The van der Waals surface area contributed by atoms with Crippen molar-refractivity contribution in [2.75, 3.05) is 0 Å². The highest BCUT2D eigenvalue weighted by atomic mass is 16.5. The van der Waals surface area contributed by atoms with Gasteiger partial charge >= 0.3 is 5.97 Å². The van der Waals surface area contributed by atoms with Gasteiger partial charge in [0, 0.05) is 11.8 Å². The highest BCUT2D eigenvalue weighted by molar-refractivity contribution is 5.90. The third-order valence-corrected chi connectivity index (χ3v) is 4.54. The van der Waals surface area contributed by atoms with E-state index in [1.165, 1.54) is 6.20 Å². The molecule has 0 bridgehead atoms. The minimum Gasteiger partial charge on any atom is -0.454 e. The van der Waals surface area contributed by atoms with Crippen molar-refractivity contribution in [2.45, 2.75) is 33.3 Å². The Hall–Kier alpha value is -3.81. The molecule has 0 saturated carbocycles. The number of hydrogen-bond donors (Lipinski definition) is 0. The third-order valence-electron chi connectivity index (χ3n) is 4.54. The van der Waals surface area contributed by atoms with E-state index in [0.717, 1.165) is 16.8 Å². The van der Waals surface area contributed by atoms with Crippen LogP contribution in [0.25, 0.3) is 17.3 Å². The minimum absolute atomic E-state index is 0.0374. The molecule has 152 valence electrons. The molecule has 0 N–H and O–H groups in total. The van der Waals surface area contributed by atoms with Gasteiger partial charge in [-0.1, -0.05) is 42.8 Å². The van der Waals surface area contributed by atoms with Crippen LogP contribution in [0.2, 0.25) is 0 Å². The Morgan fingerprint density at radius 1 is 1.17 bits per heavy atom. The zero-order valence-corrected chi connectivity index (χ0v) is 16.9. The number of benzene rings is 1. The maximum absolute atomic E-state index is 12.7. The largest absolute Gasteiger partial charge is 0.454 e. The summed E-state index contributed by atoms with van der Waals surface area (Å²) in [6.07, 6.45) is 3.18. The first-order valence-corrected chi connectivity index (χ1v) is 9.59. The van der Waals surface area contributed by atoms with E-state index in [-0.39, 0.29) is 12.5 Å². The van der Waals surface area contributed by atoms with Crippen LogP contribution in [0, 0.1) is 6.92 Å². The SMILES string of the molecule is Cc1ccc(-c2nc(COC(=O)c3cnn(-c4ccccn4)c3C(C)C)no2)cc1. The first-order chi connectivity index (χ1) is 14.5. The van der Waals surface area contributed by atoms with E-state index in [2.05, 4.69) is 20.2 Å². The summed E-state index contributed by atoms with van der Waals surface area (Å²) in [7, 11) is 0. The molecule has 0 fully saturated rings. The number of carbonyl (C=O) groups excluding carboxylic acids is 1.